The number of carbonyl (C=O) groups is 4. The van der Waals surface area contributed by atoms with Gasteiger partial charge in [0.25, 0.3) is 0 Å². The van der Waals surface area contributed by atoms with Gasteiger partial charge in [0.15, 0.2) is 12.2 Å². The molecule has 1 aromatic rings. The first-order chi connectivity index (χ1) is 14.6. The van der Waals surface area contributed by atoms with Crippen molar-refractivity contribution in [1.82, 2.24) is 0 Å². The molecule has 0 saturated carbocycles. The lowest BCUT2D eigenvalue weighted by molar-refractivity contribution is -0.288. The monoisotopic (exact) mass is 439 g/mol. The van der Waals surface area contributed by atoms with E-state index in [2.05, 4.69) is 0 Å². The van der Waals surface area contributed by atoms with Gasteiger partial charge in [0, 0.05) is 33.4 Å². The smallest absolute Gasteiger partial charge is 0.303 e. The Kier molecular flexibility index (Phi) is 8.20. The quantitative estimate of drug-likeness (QED) is 0.364. The fraction of sp³-hybridized carbons (Fsp3) is 0.500. The summed E-state index contributed by atoms with van der Waals surface area (Å²) in [6.45, 7) is 4.29. The average Bonchev–Trinajstić information content (AvgIpc) is 2.65. The number of hydrogen-bond donors (Lipinski definition) is 1. The Morgan fingerprint density at radius 3 is 1.84 bits per heavy atom. The largest absolute Gasteiger partial charge is 0.463 e. The highest BCUT2D eigenvalue weighted by atomic mass is 16.7. The van der Waals surface area contributed by atoms with Gasteiger partial charge in [0.1, 0.15) is 18.5 Å². The average molecular weight is 439 g/mol. The molecular weight excluding hydrogens is 414 g/mol. The molecule has 1 heterocycles. The third-order valence-electron chi connectivity index (χ3n) is 4.08. The van der Waals surface area contributed by atoms with Crippen molar-refractivity contribution in [2.45, 2.75) is 58.4 Å². The summed E-state index contributed by atoms with van der Waals surface area (Å²) < 4.78 is 32.6. The lowest BCUT2D eigenvalue weighted by atomic mass is 9.98. The van der Waals surface area contributed by atoms with Crippen LogP contribution in [0.3, 0.4) is 0 Å². The molecule has 11 nitrogen and oxygen atoms in total. The van der Waals surface area contributed by atoms with Gasteiger partial charge in [-0.3, -0.25) is 19.2 Å². The second kappa shape index (κ2) is 10.6. The number of benzene rings is 1. The van der Waals surface area contributed by atoms with Crippen molar-refractivity contribution >= 4 is 29.6 Å². The summed E-state index contributed by atoms with van der Waals surface area (Å²) in [7, 11) is 0. The van der Waals surface area contributed by atoms with E-state index in [-0.39, 0.29) is 6.61 Å². The first kappa shape index (κ1) is 23.9. The van der Waals surface area contributed by atoms with Crippen LogP contribution in [0, 0.1) is 0 Å². The molecule has 1 saturated heterocycles. The number of nitrogens with two attached hydrogens (primary N) is 1. The number of carbonyl (C=O) groups excluding carboxylic acids is 4. The van der Waals surface area contributed by atoms with Gasteiger partial charge in [-0.1, -0.05) is 0 Å². The Hall–Kier alpha value is -3.34. The van der Waals surface area contributed by atoms with Crippen LogP contribution in [0.25, 0.3) is 0 Å². The molecule has 170 valence electrons. The summed E-state index contributed by atoms with van der Waals surface area (Å²) in [5.74, 6) is -2.43. The van der Waals surface area contributed by atoms with Gasteiger partial charge in [0.05, 0.1) is 0 Å². The maximum Gasteiger partial charge on any atom is 0.303 e. The van der Waals surface area contributed by atoms with Crippen LogP contribution < -0.4 is 10.5 Å². The highest BCUT2D eigenvalue weighted by Crippen LogP contribution is 2.31. The molecule has 31 heavy (non-hydrogen) atoms. The van der Waals surface area contributed by atoms with E-state index in [0.29, 0.717) is 11.4 Å². The molecule has 1 aliphatic rings. The van der Waals surface area contributed by atoms with Crippen LogP contribution in [0.2, 0.25) is 0 Å². The van der Waals surface area contributed by atoms with Crippen LogP contribution in [-0.2, 0) is 42.9 Å². The van der Waals surface area contributed by atoms with Crippen LogP contribution in [-0.4, -0.2) is 61.2 Å². The minimum atomic E-state index is -1.29. The van der Waals surface area contributed by atoms with Crippen molar-refractivity contribution < 1.29 is 47.6 Å². The zero-order chi connectivity index (χ0) is 23.1. The molecule has 2 rings (SSSR count). The number of anilines is 1. The van der Waals surface area contributed by atoms with Crippen LogP contribution in [0.4, 0.5) is 5.69 Å². The van der Waals surface area contributed by atoms with E-state index >= 15 is 0 Å². The second-order valence-corrected chi connectivity index (χ2v) is 6.75. The van der Waals surface area contributed by atoms with E-state index < -0.39 is 54.6 Å². The van der Waals surface area contributed by atoms with E-state index in [1.165, 1.54) is 6.92 Å². The summed E-state index contributed by atoms with van der Waals surface area (Å²) >= 11 is 0. The molecule has 1 aliphatic heterocycles. The molecule has 0 aromatic heterocycles. The number of rotatable bonds is 7. The SMILES string of the molecule is CC(=O)OC[C@H]1O[C@H](Oc2ccc(N)cc2)[C@H](OC(C)=O)[C@@H](OC(C)=O)[C@H]1OC(C)=O. The van der Waals surface area contributed by atoms with E-state index in [9.17, 15) is 19.2 Å². The van der Waals surface area contributed by atoms with Gasteiger partial charge in [-0.05, 0) is 24.3 Å². The van der Waals surface area contributed by atoms with Crippen LogP contribution >= 0.6 is 0 Å². The minimum absolute atomic E-state index is 0.315. The first-order valence-electron chi connectivity index (χ1n) is 9.39. The van der Waals surface area contributed by atoms with E-state index in [1.54, 1.807) is 24.3 Å². The van der Waals surface area contributed by atoms with Crippen LogP contribution in [0.5, 0.6) is 5.75 Å². The number of esters is 4. The number of nitrogen functional groups attached to an aromatic ring is 1. The maximum absolute atomic E-state index is 11.8. The van der Waals surface area contributed by atoms with E-state index in [4.69, 9.17) is 34.2 Å². The van der Waals surface area contributed by atoms with Gasteiger partial charge in [0.2, 0.25) is 12.4 Å². The molecule has 11 heteroatoms. The van der Waals surface area contributed by atoms with Crippen molar-refractivity contribution in [3.8, 4) is 5.75 Å². The van der Waals surface area contributed by atoms with Crippen molar-refractivity contribution in [1.29, 1.82) is 0 Å². The molecule has 0 spiro atoms. The molecule has 0 bridgehead atoms. The summed E-state index contributed by atoms with van der Waals surface area (Å²) in [5, 5.41) is 0. The summed E-state index contributed by atoms with van der Waals surface area (Å²) in [5.41, 5.74) is 6.17. The molecule has 0 aliphatic carbocycles. The molecule has 0 unspecified atom stereocenters. The number of ether oxygens (including phenoxy) is 6. The molecular formula is C20H25NO10. The third kappa shape index (κ3) is 7.14. The Morgan fingerprint density at radius 1 is 0.806 bits per heavy atom. The normalized spacial score (nSPS) is 25.1. The molecule has 1 fully saturated rings. The van der Waals surface area contributed by atoms with E-state index in [0.717, 1.165) is 20.8 Å². The zero-order valence-corrected chi connectivity index (χ0v) is 17.6. The van der Waals surface area contributed by atoms with Gasteiger partial charge >= 0.3 is 23.9 Å². The Labute approximate surface area is 178 Å². The summed E-state index contributed by atoms with van der Waals surface area (Å²) in [6.07, 6.45) is -6.20. The highest BCUT2D eigenvalue weighted by Gasteiger charge is 2.53. The minimum Gasteiger partial charge on any atom is -0.463 e. The van der Waals surface area contributed by atoms with Crippen molar-refractivity contribution in [3.05, 3.63) is 24.3 Å². The molecule has 5 atom stereocenters. The van der Waals surface area contributed by atoms with E-state index in [1.807, 2.05) is 0 Å². The molecule has 0 radical (unpaired) electrons. The van der Waals surface area contributed by atoms with Crippen molar-refractivity contribution in [2.75, 3.05) is 12.3 Å². The maximum atomic E-state index is 11.8. The van der Waals surface area contributed by atoms with Gasteiger partial charge in [-0.15, -0.1) is 0 Å². The van der Waals surface area contributed by atoms with Crippen molar-refractivity contribution in [3.63, 3.8) is 0 Å². The van der Waals surface area contributed by atoms with Gasteiger partial charge in [-0.2, -0.15) is 0 Å². The Bertz CT molecular complexity index is 809. The predicted octanol–water partition coefficient (Wildman–Crippen LogP) is 0.731. The fourth-order valence-corrected chi connectivity index (χ4v) is 2.96. The highest BCUT2D eigenvalue weighted by molar-refractivity contribution is 5.68. The van der Waals surface area contributed by atoms with Gasteiger partial charge in [-0.25, -0.2) is 0 Å². The first-order valence-corrected chi connectivity index (χ1v) is 9.39. The lowest BCUT2D eigenvalue weighted by Crippen LogP contribution is -2.63. The lowest BCUT2D eigenvalue weighted by Gasteiger charge is -2.43. The summed E-state index contributed by atoms with van der Waals surface area (Å²) in [6, 6.07) is 6.29. The molecule has 2 N–H and O–H groups in total. The third-order valence-corrected chi connectivity index (χ3v) is 4.08. The Balaban J connectivity index is 2.43. The fourth-order valence-electron chi connectivity index (χ4n) is 2.96. The second-order valence-electron chi connectivity index (χ2n) is 6.75. The predicted molar refractivity (Wildman–Crippen MR) is 103 cm³/mol. The molecule has 0 amide bonds. The van der Waals surface area contributed by atoms with Crippen LogP contribution in [0.15, 0.2) is 24.3 Å². The Morgan fingerprint density at radius 2 is 1.32 bits per heavy atom. The molecule has 1 aromatic carbocycles. The van der Waals surface area contributed by atoms with Gasteiger partial charge < -0.3 is 34.2 Å². The zero-order valence-electron chi connectivity index (χ0n) is 17.6. The van der Waals surface area contributed by atoms with Crippen molar-refractivity contribution in [2.24, 2.45) is 0 Å². The number of hydrogen-bond acceptors (Lipinski definition) is 11. The standard InChI is InChI=1S/C20H25NO10/c1-10(22)26-9-16-17(27-11(2)23)18(28-12(3)24)19(29-13(4)25)20(31-16)30-15-7-5-14(21)6-8-15/h5-8,16-20H,9,21H2,1-4H3/t16-,17+,18+,19-,20+/m1/s1. The van der Waals surface area contributed by atoms with Crippen LogP contribution in [0.1, 0.15) is 27.7 Å². The summed E-state index contributed by atoms with van der Waals surface area (Å²) in [4.78, 5) is 46.5. The topological polar surface area (TPSA) is 150 Å².